The van der Waals surface area contributed by atoms with Crippen molar-refractivity contribution in [3.05, 3.63) is 0 Å². The van der Waals surface area contributed by atoms with Crippen LogP contribution in [0.2, 0.25) is 0 Å². The fourth-order valence-electron chi connectivity index (χ4n) is 2.42. The monoisotopic (exact) mass is 335 g/mol. The zero-order valence-corrected chi connectivity index (χ0v) is 13.4. The van der Waals surface area contributed by atoms with Crippen LogP contribution in [0.25, 0.3) is 0 Å². The summed E-state index contributed by atoms with van der Waals surface area (Å²) in [6.45, 7) is 2.46. The molecule has 2 amide bonds. The van der Waals surface area contributed by atoms with Gasteiger partial charge in [0.25, 0.3) is 0 Å². The second-order valence-electron chi connectivity index (χ2n) is 5.17. The SMILES string of the molecule is CCOP(=O)(O)COC[C@@H]1CC[C@H](N2CCC(N)=NC2=O)O1. The molecule has 2 aliphatic heterocycles. The molecule has 0 spiro atoms. The molecule has 0 aromatic heterocycles. The highest BCUT2D eigenvalue weighted by molar-refractivity contribution is 7.52. The van der Waals surface area contributed by atoms with E-state index in [0.717, 1.165) is 0 Å². The van der Waals surface area contributed by atoms with Gasteiger partial charge in [-0.05, 0) is 19.8 Å². The minimum Gasteiger partial charge on any atom is -0.387 e. The van der Waals surface area contributed by atoms with Crippen LogP contribution >= 0.6 is 7.60 Å². The molecule has 22 heavy (non-hydrogen) atoms. The van der Waals surface area contributed by atoms with Gasteiger partial charge >= 0.3 is 13.6 Å². The number of nitrogens with two attached hydrogens (primary N) is 1. The average Bonchev–Trinajstić information content (AvgIpc) is 2.87. The van der Waals surface area contributed by atoms with E-state index in [1.165, 1.54) is 0 Å². The number of amides is 2. The molecule has 1 saturated heterocycles. The Morgan fingerprint density at radius 3 is 3.00 bits per heavy atom. The van der Waals surface area contributed by atoms with E-state index < -0.39 is 7.60 Å². The van der Waals surface area contributed by atoms with Gasteiger partial charge in [0.15, 0.2) is 0 Å². The third kappa shape index (κ3) is 4.76. The molecule has 3 N–H and O–H groups in total. The number of aliphatic imine (C=N–C) groups is 1. The molecule has 0 saturated carbocycles. The normalized spacial score (nSPS) is 28.5. The Labute approximate surface area is 128 Å². The quantitative estimate of drug-likeness (QED) is 0.662. The number of nitrogens with zero attached hydrogens (tertiary/aromatic N) is 2. The maximum absolute atomic E-state index is 11.8. The summed E-state index contributed by atoms with van der Waals surface area (Å²) < 4.78 is 27.1. The van der Waals surface area contributed by atoms with E-state index in [-0.39, 0.29) is 37.9 Å². The minimum atomic E-state index is -3.68. The number of urea groups is 1. The maximum atomic E-state index is 11.8. The molecule has 0 bridgehead atoms. The van der Waals surface area contributed by atoms with Crippen molar-refractivity contribution in [2.24, 2.45) is 10.7 Å². The molecule has 3 atom stereocenters. The molecular formula is C12H22N3O6P. The third-order valence-corrected chi connectivity index (χ3v) is 4.59. The molecule has 0 aliphatic carbocycles. The second kappa shape index (κ2) is 7.52. The molecule has 0 aromatic carbocycles. The lowest BCUT2D eigenvalue weighted by Gasteiger charge is -2.29. The topological polar surface area (TPSA) is 124 Å². The molecule has 0 radical (unpaired) electrons. The Morgan fingerprint density at radius 2 is 2.32 bits per heavy atom. The van der Waals surface area contributed by atoms with Crippen molar-refractivity contribution < 1.29 is 28.3 Å². The van der Waals surface area contributed by atoms with E-state index in [9.17, 15) is 14.3 Å². The molecule has 2 rings (SSSR count). The molecule has 1 fully saturated rings. The molecule has 2 heterocycles. The van der Waals surface area contributed by atoms with Crippen LogP contribution in [0, 0.1) is 0 Å². The van der Waals surface area contributed by atoms with Crippen molar-refractivity contribution >= 4 is 19.5 Å². The lowest BCUT2D eigenvalue weighted by Crippen LogP contribution is -2.44. The molecule has 2 aliphatic rings. The number of rotatable bonds is 7. The predicted octanol–water partition coefficient (Wildman–Crippen LogP) is 0.870. The van der Waals surface area contributed by atoms with Crippen LogP contribution in [0.5, 0.6) is 0 Å². The van der Waals surface area contributed by atoms with Gasteiger partial charge in [-0.1, -0.05) is 0 Å². The molecular weight excluding hydrogens is 313 g/mol. The Balaban J connectivity index is 1.74. The van der Waals surface area contributed by atoms with Gasteiger partial charge in [0.1, 0.15) is 18.4 Å². The van der Waals surface area contributed by atoms with Crippen LogP contribution in [0.15, 0.2) is 4.99 Å². The first-order chi connectivity index (χ1) is 10.4. The van der Waals surface area contributed by atoms with Crippen molar-refractivity contribution in [2.75, 3.05) is 26.1 Å². The van der Waals surface area contributed by atoms with Crippen molar-refractivity contribution in [3.63, 3.8) is 0 Å². The average molecular weight is 335 g/mol. The molecule has 9 nitrogen and oxygen atoms in total. The Morgan fingerprint density at radius 1 is 1.55 bits per heavy atom. The number of carbonyl (C=O) groups is 1. The smallest absolute Gasteiger partial charge is 0.353 e. The molecule has 0 aromatic rings. The highest BCUT2D eigenvalue weighted by Crippen LogP contribution is 2.41. The van der Waals surface area contributed by atoms with Crippen LogP contribution in [0.3, 0.4) is 0 Å². The summed E-state index contributed by atoms with van der Waals surface area (Å²) >= 11 is 0. The number of amidine groups is 1. The lowest BCUT2D eigenvalue weighted by molar-refractivity contribution is -0.0584. The fraction of sp³-hybridized carbons (Fsp3) is 0.833. The zero-order valence-electron chi connectivity index (χ0n) is 12.5. The van der Waals surface area contributed by atoms with Crippen LogP contribution in [0.4, 0.5) is 4.79 Å². The zero-order chi connectivity index (χ0) is 16.2. The summed E-state index contributed by atoms with van der Waals surface area (Å²) in [6, 6.07) is -0.383. The van der Waals surface area contributed by atoms with E-state index in [1.807, 2.05) is 0 Å². The summed E-state index contributed by atoms with van der Waals surface area (Å²) in [4.78, 5) is 26.4. The van der Waals surface area contributed by atoms with Gasteiger partial charge in [-0.25, -0.2) is 4.79 Å². The maximum Gasteiger partial charge on any atom is 0.353 e. The highest BCUT2D eigenvalue weighted by atomic mass is 31.2. The number of carbonyl (C=O) groups excluding carboxylic acids is 1. The molecule has 126 valence electrons. The van der Waals surface area contributed by atoms with Gasteiger partial charge in [0, 0.05) is 13.0 Å². The van der Waals surface area contributed by atoms with Gasteiger partial charge in [-0.2, -0.15) is 4.99 Å². The van der Waals surface area contributed by atoms with Gasteiger partial charge in [-0.15, -0.1) is 0 Å². The number of hydrogen-bond donors (Lipinski definition) is 2. The van der Waals surface area contributed by atoms with E-state index in [1.54, 1.807) is 11.8 Å². The van der Waals surface area contributed by atoms with Crippen LogP contribution in [-0.2, 0) is 18.6 Å². The molecule has 1 unspecified atom stereocenters. The highest BCUT2D eigenvalue weighted by Gasteiger charge is 2.34. The van der Waals surface area contributed by atoms with Gasteiger partial charge in [0.2, 0.25) is 0 Å². The fourth-order valence-corrected chi connectivity index (χ4v) is 3.23. The predicted molar refractivity (Wildman–Crippen MR) is 78.5 cm³/mol. The summed E-state index contributed by atoms with van der Waals surface area (Å²) in [7, 11) is -3.68. The summed E-state index contributed by atoms with van der Waals surface area (Å²) in [5.41, 5.74) is 5.52. The van der Waals surface area contributed by atoms with Crippen LogP contribution in [-0.4, -0.2) is 60.1 Å². The first-order valence-corrected chi connectivity index (χ1v) is 9.01. The first-order valence-electron chi connectivity index (χ1n) is 7.24. The van der Waals surface area contributed by atoms with Crippen molar-refractivity contribution in [1.29, 1.82) is 0 Å². The summed E-state index contributed by atoms with van der Waals surface area (Å²) in [5, 5.41) is 0. The standard InChI is InChI=1S/C12H22N3O6P/c1-2-20-22(17,18)8-19-7-9-3-4-11(21-9)15-6-5-10(13)14-12(15)16/h9,11H,2-8H2,1H3,(H,17,18)(H2,13,14,16)/t9-,11+/m0/s1. The Bertz CT molecular complexity index is 485. The van der Waals surface area contributed by atoms with Gasteiger partial charge < -0.3 is 24.6 Å². The number of ether oxygens (including phenoxy) is 2. The van der Waals surface area contributed by atoms with Gasteiger partial charge in [-0.3, -0.25) is 9.46 Å². The minimum absolute atomic E-state index is 0.153. The summed E-state index contributed by atoms with van der Waals surface area (Å²) in [5.74, 6) is 0.341. The van der Waals surface area contributed by atoms with E-state index in [2.05, 4.69) is 4.99 Å². The third-order valence-electron chi connectivity index (χ3n) is 3.42. The Hall–Kier alpha value is -0.990. The van der Waals surface area contributed by atoms with Crippen molar-refractivity contribution in [3.8, 4) is 0 Å². The van der Waals surface area contributed by atoms with Crippen LogP contribution < -0.4 is 5.73 Å². The van der Waals surface area contributed by atoms with Crippen molar-refractivity contribution in [2.45, 2.75) is 38.5 Å². The van der Waals surface area contributed by atoms with Gasteiger partial charge in [0.05, 0.1) is 19.3 Å². The van der Waals surface area contributed by atoms with Crippen LogP contribution in [0.1, 0.15) is 26.2 Å². The lowest BCUT2D eigenvalue weighted by atomic mass is 10.2. The Kier molecular flexibility index (Phi) is 5.94. The largest absolute Gasteiger partial charge is 0.387 e. The molecule has 10 heteroatoms. The number of hydrogen-bond acceptors (Lipinski definition) is 6. The van der Waals surface area contributed by atoms with E-state index in [0.29, 0.717) is 31.6 Å². The van der Waals surface area contributed by atoms with E-state index in [4.69, 9.17) is 19.7 Å². The van der Waals surface area contributed by atoms with Crippen molar-refractivity contribution in [1.82, 2.24) is 4.90 Å². The summed E-state index contributed by atoms with van der Waals surface area (Å²) in [6.07, 6.45) is 0.993. The van der Waals surface area contributed by atoms with E-state index >= 15 is 0 Å². The first kappa shape index (κ1) is 17.4. The second-order valence-corrected chi connectivity index (χ2v) is 6.97.